The molecule has 0 unspecified atom stereocenters. The van der Waals surface area contributed by atoms with Crippen LogP contribution in [0.3, 0.4) is 0 Å². The van der Waals surface area contributed by atoms with Gasteiger partial charge in [-0.05, 0) is 19.3 Å². The first-order chi connectivity index (χ1) is 12.3. The van der Waals surface area contributed by atoms with Crippen molar-refractivity contribution in [1.82, 2.24) is 19.7 Å². The Kier molecular flexibility index (Phi) is 5.36. The Bertz CT molecular complexity index is 870. The molecule has 0 saturated heterocycles. The van der Waals surface area contributed by atoms with Crippen LogP contribution in [0.15, 0.2) is 29.7 Å². The minimum absolute atomic E-state index is 0.108. The molecule has 1 N–H and O–H groups in total. The molecule has 3 rings (SSSR count). The molecule has 1 aliphatic rings. The number of nitrogens with zero attached hydrogens (tertiary/aromatic N) is 4. The summed E-state index contributed by atoms with van der Waals surface area (Å²) >= 11 is 0. The number of nitrogens with one attached hydrogen (secondary N) is 1. The molecule has 2 aromatic heterocycles. The van der Waals surface area contributed by atoms with Crippen LogP contribution in [0.25, 0.3) is 0 Å². The monoisotopic (exact) mass is 377 g/mol. The molecule has 1 fully saturated rings. The topological polar surface area (TPSA) is 107 Å². The van der Waals surface area contributed by atoms with Gasteiger partial charge in [-0.3, -0.25) is 14.5 Å². The highest BCUT2D eigenvalue weighted by molar-refractivity contribution is 7.90. The van der Waals surface area contributed by atoms with Crippen LogP contribution in [-0.4, -0.2) is 40.3 Å². The predicted octanol–water partition coefficient (Wildman–Crippen LogP) is 2.15. The number of hydrogen-bond donors (Lipinski definition) is 1. The van der Waals surface area contributed by atoms with E-state index in [4.69, 9.17) is 0 Å². The first-order valence-corrected chi connectivity index (χ1v) is 10.6. The van der Waals surface area contributed by atoms with Crippen LogP contribution in [0.2, 0.25) is 0 Å². The van der Waals surface area contributed by atoms with Crippen LogP contribution in [-0.2, 0) is 14.6 Å². The zero-order chi connectivity index (χ0) is 18.7. The molecule has 2 heterocycles. The van der Waals surface area contributed by atoms with Gasteiger partial charge in [-0.2, -0.15) is 5.10 Å². The van der Waals surface area contributed by atoms with E-state index in [1.807, 2.05) is 6.92 Å². The van der Waals surface area contributed by atoms with Crippen LogP contribution in [0.5, 0.6) is 0 Å². The fourth-order valence-electron chi connectivity index (χ4n) is 3.25. The average molecular weight is 377 g/mol. The van der Waals surface area contributed by atoms with E-state index in [1.165, 1.54) is 23.3 Å². The Balaban J connectivity index is 1.83. The van der Waals surface area contributed by atoms with Crippen molar-refractivity contribution in [2.75, 3.05) is 11.6 Å². The molecule has 1 saturated carbocycles. The summed E-state index contributed by atoms with van der Waals surface area (Å²) in [5.41, 5.74) is 0.760. The van der Waals surface area contributed by atoms with E-state index in [9.17, 15) is 13.2 Å². The summed E-state index contributed by atoms with van der Waals surface area (Å²) in [4.78, 5) is 21.2. The lowest BCUT2D eigenvalue weighted by atomic mass is 9.98. The molecular weight excluding hydrogens is 354 g/mol. The standard InChI is InChI=1S/C17H23N5O3S/c1-12-8-19-16(10-18-12)21-17(23)15(7-13-5-3-4-6-13)22-11-14(9-20-22)26(2,24)25/h8-11,13,15H,3-7H2,1-2H3,(H,19,21,23)/t15-/m0/s1. The third-order valence-electron chi connectivity index (χ3n) is 4.69. The van der Waals surface area contributed by atoms with Crippen LogP contribution in [0.4, 0.5) is 5.82 Å². The van der Waals surface area contributed by atoms with Gasteiger partial charge in [0.1, 0.15) is 10.9 Å². The van der Waals surface area contributed by atoms with E-state index in [1.54, 1.807) is 6.20 Å². The molecule has 1 aliphatic carbocycles. The minimum Gasteiger partial charge on any atom is -0.308 e. The summed E-state index contributed by atoms with van der Waals surface area (Å²) in [6.07, 6.45) is 12.0. The number of aromatic nitrogens is 4. The van der Waals surface area contributed by atoms with Crippen molar-refractivity contribution in [3.05, 3.63) is 30.5 Å². The molecule has 0 bridgehead atoms. The van der Waals surface area contributed by atoms with E-state index in [0.29, 0.717) is 18.2 Å². The SMILES string of the molecule is Cc1cnc(NC(=O)[C@H](CC2CCCC2)n2cc(S(C)(=O)=O)cn2)cn1. The van der Waals surface area contributed by atoms with E-state index in [2.05, 4.69) is 20.4 Å². The lowest BCUT2D eigenvalue weighted by Crippen LogP contribution is -2.28. The van der Waals surface area contributed by atoms with E-state index in [-0.39, 0.29) is 10.8 Å². The molecule has 2 aromatic rings. The third kappa shape index (κ3) is 4.46. The Morgan fingerprint density at radius 2 is 2.00 bits per heavy atom. The van der Waals surface area contributed by atoms with Crippen LogP contribution in [0.1, 0.15) is 43.8 Å². The highest BCUT2D eigenvalue weighted by Gasteiger charge is 2.28. The fraction of sp³-hybridized carbons (Fsp3) is 0.529. The van der Waals surface area contributed by atoms with Crippen molar-refractivity contribution in [3.8, 4) is 0 Å². The van der Waals surface area contributed by atoms with Gasteiger partial charge in [0.2, 0.25) is 5.91 Å². The number of amides is 1. The highest BCUT2D eigenvalue weighted by Crippen LogP contribution is 2.32. The van der Waals surface area contributed by atoms with Gasteiger partial charge in [-0.15, -0.1) is 0 Å². The lowest BCUT2D eigenvalue weighted by Gasteiger charge is -2.20. The second-order valence-corrected chi connectivity index (χ2v) is 8.88. The molecule has 26 heavy (non-hydrogen) atoms. The average Bonchev–Trinajstić information content (AvgIpc) is 3.25. The number of rotatable bonds is 6. The summed E-state index contributed by atoms with van der Waals surface area (Å²) in [5.74, 6) is 0.534. The molecule has 1 amide bonds. The van der Waals surface area contributed by atoms with Gasteiger partial charge >= 0.3 is 0 Å². The van der Waals surface area contributed by atoms with Crippen molar-refractivity contribution in [1.29, 1.82) is 0 Å². The molecule has 0 aliphatic heterocycles. The maximum Gasteiger partial charge on any atom is 0.250 e. The summed E-state index contributed by atoms with van der Waals surface area (Å²) < 4.78 is 24.9. The van der Waals surface area contributed by atoms with Crippen LogP contribution >= 0.6 is 0 Å². The maximum absolute atomic E-state index is 12.9. The predicted molar refractivity (Wildman–Crippen MR) is 96.3 cm³/mol. The first kappa shape index (κ1) is 18.5. The fourth-order valence-corrected chi connectivity index (χ4v) is 3.78. The lowest BCUT2D eigenvalue weighted by molar-refractivity contribution is -0.120. The van der Waals surface area contributed by atoms with Gasteiger partial charge in [-0.1, -0.05) is 25.7 Å². The van der Waals surface area contributed by atoms with Gasteiger partial charge in [0.25, 0.3) is 0 Å². The van der Waals surface area contributed by atoms with Crippen molar-refractivity contribution in [2.45, 2.75) is 50.0 Å². The van der Waals surface area contributed by atoms with Crippen LogP contribution < -0.4 is 5.32 Å². The van der Waals surface area contributed by atoms with Crippen molar-refractivity contribution < 1.29 is 13.2 Å². The smallest absolute Gasteiger partial charge is 0.250 e. The number of hydrogen-bond acceptors (Lipinski definition) is 6. The molecule has 0 spiro atoms. The van der Waals surface area contributed by atoms with Crippen molar-refractivity contribution in [3.63, 3.8) is 0 Å². The van der Waals surface area contributed by atoms with E-state index >= 15 is 0 Å². The molecule has 140 valence electrons. The van der Waals surface area contributed by atoms with Crippen molar-refractivity contribution in [2.24, 2.45) is 5.92 Å². The number of carbonyl (C=O) groups is 1. The van der Waals surface area contributed by atoms with E-state index < -0.39 is 15.9 Å². The maximum atomic E-state index is 12.9. The quantitative estimate of drug-likeness (QED) is 0.826. The van der Waals surface area contributed by atoms with Gasteiger partial charge in [0.05, 0.1) is 24.3 Å². The molecule has 1 atom stereocenters. The Morgan fingerprint density at radius 3 is 2.58 bits per heavy atom. The van der Waals surface area contributed by atoms with Gasteiger partial charge in [-0.25, -0.2) is 13.4 Å². The minimum atomic E-state index is -3.37. The molecule has 8 nitrogen and oxygen atoms in total. The van der Waals surface area contributed by atoms with Crippen molar-refractivity contribution >= 4 is 21.6 Å². The molecule has 0 radical (unpaired) electrons. The third-order valence-corrected chi connectivity index (χ3v) is 5.76. The zero-order valence-corrected chi connectivity index (χ0v) is 15.7. The Morgan fingerprint density at radius 1 is 1.27 bits per heavy atom. The number of sulfone groups is 1. The first-order valence-electron chi connectivity index (χ1n) is 8.66. The summed E-state index contributed by atoms with van der Waals surface area (Å²) in [5, 5.41) is 6.91. The Hall–Kier alpha value is -2.29. The normalized spacial score (nSPS) is 16.5. The molecule has 9 heteroatoms. The number of carbonyl (C=O) groups excluding carboxylic acids is 1. The second kappa shape index (κ2) is 7.53. The van der Waals surface area contributed by atoms with Crippen LogP contribution in [0, 0.1) is 12.8 Å². The van der Waals surface area contributed by atoms with Gasteiger partial charge in [0, 0.05) is 12.5 Å². The summed E-state index contributed by atoms with van der Waals surface area (Å²) in [7, 11) is -3.37. The van der Waals surface area contributed by atoms with E-state index in [0.717, 1.165) is 37.6 Å². The molecule has 0 aromatic carbocycles. The Labute approximate surface area is 153 Å². The second-order valence-electron chi connectivity index (χ2n) is 6.86. The van der Waals surface area contributed by atoms with Gasteiger partial charge in [0.15, 0.2) is 15.7 Å². The van der Waals surface area contributed by atoms with Gasteiger partial charge < -0.3 is 5.32 Å². The number of aryl methyl sites for hydroxylation is 1. The zero-order valence-electron chi connectivity index (χ0n) is 14.9. The summed E-state index contributed by atoms with van der Waals surface area (Å²) in [6, 6.07) is -0.586. The summed E-state index contributed by atoms with van der Waals surface area (Å²) in [6.45, 7) is 1.82. The number of anilines is 1. The molecular formula is C17H23N5O3S. The highest BCUT2D eigenvalue weighted by atomic mass is 32.2. The largest absolute Gasteiger partial charge is 0.308 e.